The summed E-state index contributed by atoms with van der Waals surface area (Å²) in [5.41, 5.74) is 1.31. The van der Waals surface area contributed by atoms with Gasteiger partial charge in [0.15, 0.2) is 0 Å². The van der Waals surface area contributed by atoms with Crippen LogP contribution in [0.4, 0.5) is 4.39 Å². The molecule has 1 aromatic rings. The third-order valence-electron chi connectivity index (χ3n) is 4.19. The lowest BCUT2D eigenvalue weighted by molar-refractivity contribution is 0.127. The van der Waals surface area contributed by atoms with Gasteiger partial charge in [0, 0.05) is 19.1 Å². The Hall–Kier alpha value is -0.930. The van der Waals surface area contributed by atoms with Crippen LogP contribution in [0.25, 0.3) is 0 Å². The van der Waals surface area contributed by atoms with Crippen molar-refractivity contribution < 1.29 is 9.50 Å². The van der Waals surface area contributed by atoms with Gasteiger partial charge in [0.1, 0.15) is 5.82 Å². The Labute approximate surface area is 121 Å². The summed E-state index contributed by atoms with van der Waals surface area (Å²) in [7, 11) is 0. The van der Waals surface area contributed by atoms with Crippen molar-refractivity contribution in [1.29, 1.82) is 0 Å². The fourth-order valence-electron chi connectivity index (χ4n) is 2.46. The Morgan fingerprint density at radius 2 is 2.05 bits per heavy atom. The minimum atomic E-state index is -0.578. The number of nitrogens with zero attached hydrogens (tertiary/aromatic N) is 1. The van der Waals surface area contributed by atoms with Gasteiger partial charge >= 0.3 is 0 Å². The lowest BCUT2D eigenvalue weighted by Crippen LogP contribution is -2.34. The molecule has 0 aromatic heterocycles. The van der Waals surface area contributed by atoms with E-state index in [-0.39, 0.29) is 5.82 Å². The molecule has 1 N–H and O–H groups in total. The van der Waals surface area contributed by atoms with Crippen LogP contribution in [0.3, 0.4) is 0 Å². The van der Waals surface area contributed by atoms with Gasteiger partial charge in [0.25, 0.3) is 0 Å². The van der Waals surface area contributed by atoms with Gasteiger partial charge in [0.2, 0.25) is 0 Å². The predicted octanol–water partition coefficient (Wildman–Crippen LogP) is 3.68. The van der Waals surface area contributed by atoms with Crippen LogP contribution >= 0.6 is 0 Å². The third kappa shape index (κ3) is 4.29. The Kier molecular flexibility index (Phi) is 5.17. The number of aliphatic hydroxyl groups excluding tert-OH is 1. The smallest absolute Gasteiger partial charge is 0.126 e. The summed E-state index contributed by atoms with van der Waals surface area (Å²) in [4.78, 5) is 2.42. The zero-order valence-corrected chi connectivity index (χ0v) is 12.8. The summed E-state index contributed by atoms with van der Waals surface area (Å²) in [5, 5.41) is 10.2. The second-order valence-electron chi connectivity index (χ2n) is 6.35. The number of hydrogen-bond acceptors (Lipinski definition) is 2. The Morgan fingerprint density at radius 1 is 1.35 bits per heavy atom. The summed E-state index contributed by atoms with van der Waals surface area (Å²) in [6.07, 6.45) is 2.77. The van der Waals surface area contributed by atoms with Gasteiger partial charge in [-0.1, -0.05) is 12.1 Å². The van der Waals surface area contributed by atoms with Crippen molar-refractivity contribution in [2.75, 3.05) is 13.1 Å². The van der Waals surface area contributed by atoms with Crippen molar-refractivity contribution in [3.05, 3.63) is 35.1 Å². The molecule has 0 spiro atoms. The van der Waals surface area contributed by atoms with E-state index < -0.39 is 6.10 Å². The Balaban J connectivity index is 1.88. The van der Waals surface area contributed by atoms with Crippen molar-refractivity contribution >= 4 is 0 Å². The SMILES string of the molecule is Cc1ccc(C(O)CCN(CC2CC2)C(C)C)cc1F. The molecule has 1 aromatic carbocycles. The van der Waals surface area contributed by atoms with Gasteiger partial charge in [-0.15, -0.1) is 0 Å². The van der Waals surface area contributed by atoms with Crippen LogP contribution < -0.4 is 0 Å². The largest absolute Gasteiger partial charge is 0.388 e. The standard InChI is InChI=1S/C17H26FNO/c1-12(2)19(11-14-5-6-14)9-8-17(20)15-7-4-13(3)16(18)10-15/h4,7,10,12,14,17,20H,5-6,8-9,11H2,1-3H3. The molecule has 0 bridgehead atoms. The Bertz CT molecular complexity index is 443. The fraction of sp³-hybridized carbons (Fsp3) is 0.647. The number of benzene rings is 1. The summed E-state index contributed by atoms with van der Waals surface area (Å²) in [5.74, 6) is 0.617. The van der Waals surface area contributed by atoms with E-state index in [1.54, 1.807) is 13.0 Å². The molecule has 3 heteroatoms. The molecule has 20 heavy (non-hydrogen) atoms. The van der Waals surface area contributed by atoms with Gasteiger partial charge in [-0.05, 0) is 63.1 Å². The van der Waals surface area contributed by atoms with Gasteiger partial charge in [-0.2, -0.15) is 0 Å². The second-order valence-corrected chi connectivity index (χ2v) is 6.35. The van der Waals surface area contributed by atoms with Crippen LogP contribution in [0.1, 0.15) is 50.3 Å². The van der Waals surface area contributed by atoms with Gasteiger partial charge in [-0.25, -0.2) is 4.39 Å². The van der Waals surface area contributed by atoms with E-state index in [9.17, 15) is 9.50 Å². The van der Waals surface area contributed by atoms with Crippen LogP contribution in [0.2, 0.25) is 0 Å². The van der Waals surface area contributed by atoms with Crippen LogP contribution in [0, 0.1) is 18.7 Å². The van der Waals surface area contributed by atoms with E-state index in [0.29, 0.717) is 23.6 Å². The zero-order valence-electron chi connectivity index (χ0n) is 12.8. The van der Waals surface area contributed by atoms with Gasteiger partial charge in [0.05, 0.1) is 6.10 Å². The molecule has 0 amide bonds. The molecule has 1 aliphatic rings. The molecule has 0 aliphatic heterocycles. The van der Waals surface area contributed by atoms with E-state index in [1.165, 1.54) is 18.9 Å². The molecule has 2 rings (SSSR count). The minimum absolute atomic E-state index is 0.236. The fourth-order valence-corrected chi connectivity index (χ4v) is 2.46. The average Bonchev–Trinajstić information content (AvgIpc) is 3.21. The van der Waals surface area contributed by atoms with Crippen molar-refractivity contribution in [1.82, 2.24) is 4.90 Å². The number of aliphatic hydroxyl groups is 1. The molecular formula is C17H26FNO. The summed E-state index contributed by atoms with van der Waals surface area (Å²) < 4.78 is 13.5. The normalized spacial score (nSPS) is 16.9. The molecule has 112 valence electrons. The molecule has 1 unspecified atom stereocenters. The minimum Gasteiger partial charge on any atom is -0.388 e. The summed E-state index contributed by atoms with van der Waals surface area (Å²) >= 11 is 0. The maximum atomic E-state index is 13.5. The first-order valence-electron chi connectivity index (χ1n) is 7.65. The highest BCUT2D eigenvalue weighted by molar-refractivity contribution is 5.24. The molecule has 1 saturated carbocycles. The van der Waals surface area contributed by atoms with Crippen molar-refractivity contribution in [3.63, 3.8) is 0 Å². The molecule has 1 atom stereocenters. The first-order chi connectivity index (χ1) is 9.47. The highest BCUT2D eigenvalue weighted by Crippen LogP contribution is 2.30. The number of hydrogen-bond donors (Lipinski definition) is 1. The van der Waals surface area contributed by atoms with Gasteiger partial charge in [-0.3, -0.25) is 0 Å². The lowest BCUT2D eigenvalue weighted by Gasteiger charge is -2.27. The van der Waals surface area contributed by atoms with Crippen LogP contribution in [-0.2, 0) is 0 Å². The number of halogens is 1. The van der Waals surface area contributed by atoms with E-state index in [0.717, 1.165) is 19.0 Å². The lowest BCUT2D eigenvalue weighted by atomic mass is 10.0. The van der Waals surface area contributed by atoms with Crippen molar-refractivity contribution in [3.8, 4) is 0 Å². The molecule has 2 nitrogen and oxygen atoms in total. The van der Waals surface area contributed by atoms with Crippen LogP contribution in [0.5, 0.6) is 0 Å². The number of rotatable bonds is 7. The topological polar surface area (TPSA) is 23.5 Å². The monoisotopic (exact) mass is 279 g/mol. The molecular weight excluding hydrogens is 253 g/mol. The highest BCUT2D eigenvalue weighted by Gasteiger charge is 2.25. The zero-order chi connectivity index (χ0) is 14.7. The quantitative estimate of drug-likeness (QED) is 0.823. The second kappa shape index (κ2) is 6.68. The first kappa shape index (κ1) is 15.5. The van der Waals surface area contributed by atoms with Crippen molar-refractivity contribution in [2.45, 2.75) is 52.2 Å². The van der Waals surface area contributed by atoms with E-state index in [4.69, 9.17) is 0 Å². The maximum Gasteiger partial charge on any atom is 0.126 e. The molecule has 0 saturated heterocycles. The van der Waals surface area contributed by atoms with Crippen LogP contribution in [-0.4, -0.2) is 29.1 Å². The van der Waals surface area contributed by atoms with E-state index in [2.05, 4.69) is 18.7 Å². The van der Waals surface area contributed by atoms with Crippen LogP contribution in [0.15, 0.2) is 18.2 Å². The summed E-state index contributed by atoms with van der Waals surface area (Å²) in [6, 6.07) is 5.51. The highest BCUT2D eigenvalue weighted by atomic mass is 19.1. The number of aryl methyl sites for hydroxylation is 1. The van der Waals surface area contributed by atoms with E-state index >= 15 is 0 Å². The van der Waals surface area contributed by atoms with Gasteiger partial charge < -0.3 is 10.0 Å². The third-order valence-corrected chi connectivity index (χ3v) is 4.19. The van der Waals surface area contributed by atoms with E-state index in [1.807, 2.05) is 6.07 Å². The average molecular weight is 279 g/mol. The van der Waals surface area contributed by atoms with Crippen molar-refractivity contribution in [2.24, 2.45) is 5.92 Å². The maximum absolute atomic E-state index is 13.5. The first-order valence-corrected chi connectivity index (χ1v) is 7.65. The predicted molar refractivity (Wildman–Crippen MR) is 80.1 cm³/mol. The molecule has 0 heterocycles. The molecule has 1 aliphatic carbocycles. The molecule has 0 radical (unpaired) electrons. The summed E-state index contributed by atoms with van der Waals surface area (Å²) in [6.45, 7) is 8.12. The molecule has 1 fully saturated rings. The Morgan fingerprint density at radius 3 is 2.60 bits per heavy atom.